The minimum atomic E-state index is -0.334. The monoisotopic (exact) mass is 342 g/mol. The second-order valence-electron chi connectivity index (χ2n) is 5.33. The standard InChI is InChI=1S/C17H15FN4O3/c1-11(23)22(2)10-16-20-17(21-25-16)12-3-8-15(19-9-12)24-14-6-4-13(18)5-7-14/h3-9H,10H2,1-2H3. The Morgan fingerprint density at radius 3 is 2.64 bits per heavy atom. The van der Waals surface area contributed by atoms with Gasteiger partial charge >= 0.3 is 0 Å². The SMILES string of the molecule is CC(=O)N(C)Cc1nc(-c2ccc(Oc3ccc(F)cc3)nc2)no1. The van der Waals surface area contributed by atoms with Crippen LogP contribution in [0.5, 0.6) is 11.6 Å². The van der Waals surface area contributed by atoms with Crippen molar-refractivity contribution in [3.05, 3.63) is 54.3 Å². The van der Waals surface area contributed by atoms with Crippen molar-refractivity contribution in [2.75, 3.05) is 7.05 Å². The average Bonchev–Trinajstić information content (AvgIpc) is 3.06. The molecule has 0 bridgehead atoms. The Bertz CT molecular complexity index is 862. The van der Waals surface area contributed by atoms with E-state index >= 15 is 0 Å². The third-order valence-corrected chi connectivity index (χ3v) is 3.41. The van der Waals surface area contributed by atoms with Crippen LogP contribution in [0.3, 0.4) is 0 Å². The molecule has 0 aliphatic carbocycles. The van der Waals surface area contributed by atoms with E-state index in [1.807, 2.05) is 0 Å². The van der Waals surface area contributed by atoms with Crippen LogP contribution in [0.4, 0.5) is 4.39 Å². The number of hydrogen-bond acceptors (Lipinski definition) is 6. The Morgan fingerprint density at radius 1 is 1.24 bits per heavy atom. The number of pyridine rings is 1. The minimum absolute atomic E-state index is 0.0938. The fourth-order valence-electron chi connectivity index (χ4n) is 1.95. The van der Waals surface area contributed by atoms with Gasteiger partial charge in [-0.15, -0.1) is 0 Å². The van der Waals surface area contributed by atoms with E-state index in [9.17, 15) is 9.18 Å². The summed E-state index contributed by atoms with van der Waals surface area (Å²) in [6.07, 6.45) is 1.54. The third kappa shape index (κ3) is 4.17. The van der Waals surface area contributed by atoms with Gasteiger partial charge in [-0.25, -0.2) is 9.37 Å². The van der Waals surface area contributed by atoms with Crippen LogP contribution in [0.25, 0.3) is 11.4 Å². The van der Waals surface area contributed by atoms with Gasteiger partial charge in [0.25, 0.3) is 0 Å². The number of hydrogen-bond donors (Lipinski definition) is 0. The summed E-state index contributed by atoms with van der Waals surface area (Å²) < 4.78 is 23.5. The molecule has 1 amide bonds. The van der Waals surface area contributed by atoms with Gasteiger partial charge in [-0.05, 0) is 30.3 Å². The van der Waals surface area contributed by atoms with Crippen molar-refractivity contribution in [3.63, 3.8) is 0 Å². The quantitative estimate of drug-likeness (QED) is 0.709. The molecule has 2 heterocycles. The molecule has 1 aromatic carbocycles. The Hall–Kier alpha value is -3.29. The van der Waals surface area contributed by atoms with Gasteiger partial charge in [-0.2, -0.15) is 4.98 Å². The normalized spacial score (nSPS) is 10.5. The molecule has 7 nitrogen and oxygen atoms in total. The number of amides is 1. The molecule has 2 aromatic heterocycles. The molecule has 0 aliphatic heterocycles. The maximum Gasteiger partial charge on any atom is 0.246 e. The van der Waals surface area contributed by atoms with Crippen molar-refractivity contribution in [1.82, 2.24) is 20.0 Å². The molecule has 0 atom stereocenters. The molecule has 0 spiro atoms. The van der Waals surface area contributed by atoms with E-state index < -0.39 is 0 Å². The highest BCUT2D eigenvalue weighted by atomic mass is 19.1. The topological polar surface area (TPSA) is 81.4 Å². The highest BCUT2D eigenvalue weighted by molar-refractivity contribution is 5.72. The number of nitrogens with zero attached hydrogens (tertiary/aromatic N) is 4. The minimum Gasteiger partial charge on any atom is -0.439 e. The van der Waals surface area contributed by atoms with E-state index in [-0.39, 0.29) is 18.3 Å². The van der Waals surface area contributed by atoms with Gasteiger partial charge < -0.3 is 14.2 Å². The lowest BCUT2D eigenvalue weighted by atomic mass is 10.3. The number of carbonyl (C=O) groups excluding carboxylic acids is 1. The van der Waals surface area contributed by atoms with E-state index in [0.717, 1.165) is 0 Å². The van der Waals surface area contributed by atoms with Gasteiger partial charge in [0.05, 0.1) is 6.54 Å². The molecule has 0 aliphatic rings. The zero-order valence-corrected chi connectivity index (χ0v) is 13.6. The fraction of sp³-hybridized carbons (Fsp3) is 0.176. The molecule has 25 heavy (non-hydrogen) atoms. The van der Waals surface area contributed by atoms with Gasteiger partial charge in [0.1, 0.15) is 11.6 Å². The molecule has 128 valence electrons. The summed E-state index contributed by atoms with van der Waals surface area (Å²) in [5, 5.41) is 3.88. The van der Waals surface area contributed by atoms with Crippen molar-refractivity contribution < 1.29 is 18.4 Å². The van der Waals surface area contributed by atoms with Gasteiger partial charge in [0, 0.05) is 31.8 Å². The van der Waals surface area contributed by atoms with E-state index in [1.54, 1.807) is 25.4 Å². The molecule has 0 radical (unpaired) electrons. The number of benzene rings is 1. The van der Waals surface area contributed by atoms with Crippen LogP contribution in [-0.4, -0.2) is 33.0 Å². The molecule has 0 saturated carbocycles. The first-order valence-corrected chi connectivity index (χ1v) is 7.45. The second-order valence-corrected chi connectivity index (χ2v) is 5.33. The number of ether oxygens (including phenoxy) is 1. The number of aromatic nitrogens is 3. The maximum absolute atomic E-state index is 12.9. The predicted molar refractivity (Wildman–Crippen MR) is 86.2 cm³/mol. The van der Waals surface area contributed by atoms with Crippen molar-refractivity contribution in [2.45, 2.75) is 13.5 Å². The molecular formula is C17H15FN4O3. The summed E-state index contributed by atoms with van der Waals surface area (Å²) in [7, 11) is 1.65. The van der Waals surface area contributed by atoms with Crippen LogP contribution in [-0.2, 0) is 11.3 Å². The van der Waals surface area contributed by atoms with E-state index in [4.69, 9.17) is 9.26 Å². The predicted octanol–water partition coefficient (Wildman–Crippen LogP) is 3.04. The van der Waals surface area contributed by atoms with Crippen molar-refractivity contribution >= 4 is 5.91 Å². The van der Waals surface area contributed by atoms with E-state index in [0.29, 0.717) is 28.9 Å². The van der Waals surface area contributed by atoms with E-state index in [2.05, 4.69) is 15.1 Å². The average molecular weight is 342 g/mol. The van der Waals surface area contributed by atoms with Gasteiger partial charge in [0.2, 0.25) is 23.5 Å². The molecule has 0 N–H and O–H groups in total. The summed E-state index contributed by atoms with van der Waals surface area (Å²) >= 11 is 0. The zero-order chi connectivity index (χ0) is 17.8. The first kappa shape index (κ1) is 16.6. The largest absolute Gasteiger partial charge is 0.439 e. The lowest BCUT2D eigenvalue weighted by molar-refractivity contribution is -0.128. The van der Waals surface area contributed by atoms with Crippen molar-refractivity contribution in [3.8, 4) is 23.0 Å². The van der Waals surface area contributed by atoms with Crippen LogP contribution in [0.15, 0.2) is 47.1 Å². The number of halogens is 1. The molecule has 0 saturated heterocycles. The molecule has 0 unspecified atom stereocenters. The molecular weight excluding hydrogens is 327 g/mol. The van der Waals surface area contributed by atoms with Crippen molar-refractivity contribution in [2.24, 2.45) is 0 Å². The van der Waals surface area contributed by atoms with Crippen LogP contribution in [0.2, 0.25) is 0 Å². The van der Waals surface area contributed by atoms with E-state index in [1.165, 1.54) is 36.1 Å². The first-order chi connectivity index (χ1) is 12.0. The summed E-state index contributed by atoms with van der Waals surface area (Å²) in [6.45, 7) is 1.70. The smallest absolute Gasteiger partial charge is 0.246 e. The first-order valence-electron chi connectivity index (χ1n) is 7.45. The molecule has 3 aromatic rings. The highest BCUT2D eigenvalue weighted by Gasteiger charge is 2.12. The van der Waals surface area contributed by atoms with Gasteiger partial charge in [-0.3, -0.25) is 4.79 Å². The Kier molecular flexibility index (Phi) is 4.69. The Balaban J connectivity index is 1.69. The molecule has 0 fully saturated rings. The van der Waals surface area contributed by atoms with Gasteiger partial charge in [0.15, 0.2) is 0 Å². The highest BCUT2D eigenvalue weighted by Crippen LogP contribution is 2.22. The lowest BCUT2D eigenvalue weighted by Crippen LogP contribution is -2.23. The third-order valence-electron chi connectivity index (χ3n) is 3.41. The van der Waals surface area contributed by atoms with Crippen LogP contribution >= 0.6 is 0 Å². The number of carbonyl (C=O) groups is 1. The molecule has 8 heteroatoms. The van der Waals surface area contributed by atoms with Gasteiger partial charge in [-0.1, -0.05) is 5.16 Å². The number of rotatable bonds is 5. The summed E-state index contributed by atoms with van der Waals surface area (Å²) in [4.78, 5) is 21.1. The maximum atomic E-state index is 12.9. The second kappa shape index (κ2) is 7.08. The Morgan fingerprint density at radius 2 is 2.00 bits per heavy atom. The molecule has 3 rings (SSSR count). The summed E-state index contributed by atoms with van der Waals surface area (Å²) in [6, 6.07) is 9.03. The van der Waals surface area contributed by atoms with Crippen LogP contribution < -0.4 is 4.74 Å². The van der Waals surface area contributed by atoms with Crippen LogP contribution in [0, 0.1) is 5.82 Å². The van der Waals surface area contributed by atoms with Crippen LogP contribution in [0.1, 0.15) is 12.8 Å². The lowest BCUT2D eigenvalue weighted by Gasteiger charge is -2.10. The van der Waals surface area contributed by atoms with Crippen molar-refractivity contribution in [1.29, 1.82) is 0 Å². The summed E-state index contributed by atoms with van der Waals surface area (Å²) in [5.41, 5.74) is 0.645. The zero-order valence-electron chi connectivity index (χ0n) is 13.6. The fourth-order valence-corrected chi connectivity index (χ4v) is 1.95. The summed E-state index contributed by atoms with van der Waals surface area (Å²) in [5.74, 6) is 1.11. The Labute approximate surface area is 143 Å².